The van der Waals surface area contributed by atoms with Crippen LogP contribution >= 0.6 is 0 Å². The number of nitriles is 1. The molecule has 0 saturated heterocycles. The van der Waals surface area contributed by atoms with Crippen LogP contribution in [0.3, 0.4) is 0 Å². The Morgan fingerprint density at radius 2 is 2.43 bits per heavy atom. The van der Waals surface area contributed by atoms with Crippen molar-refractivity contribution in [3.8, 4) is 6.19 Å². The molecule has 0 bridgehead atoms. The van der Waals surface area contributed by atoms with E-state index >= 15 is 0 Å². The summed E-state index contributed by atoms with van der Waals surface area (Å²) < 4.78 is 17.9. The first kappa shape index (κ1) is 10.2. The quantitative estimate of drug-likeness (QED) is 0.409. The van der Waals surface area contributed by atoms with Crippen molar-refractivity contribution in [3.05, 3.63) is 35.6 Å². The third-order valence-electron chi connectivity index (χ3n) is 1.50. The summed E-state index contributed by atoms with van der Waals surface area (Å²) in [6.45, 7) is 2.16. The monoisotopic (exact) mass is 192 g/mol. The molecule has 0 saturated carbocycles. The van der Waals surface area contributed by atoms with E-state index in [4.69, 9.17) is 10.00 Å². The van der Waals surface area contributed by atoms with Gasteiger partial charge in [0.2, 0.25) is 12.1 Å². The summed E-state index contributed by atoms with van der Waals surface area (Å²) >= 11 is 0. The Morgan fingerprint density at radius 1 is 1.64 bits per heavy atom. The lowest BCUT2D eigenvalue weighted by Gasteiger charge is -2.04. The van der Waals surface area contributed by atoms with Crippen LogP contribution < -0.4 is 0 Å². The molecular weight excluding hydrogens is 183 g/mol. The van der Waals surface area contributed by atoms with E-state index < -0.39 is 0 Å². The molecule has 1 rings (SSSR count). The molecule has 0 spiro atoms. The zero-order valence-electron chi connectivity index (χ0n) is 7.70. The first-order valence-electron chi connectivity index (χ1n) is 4.13. The number of nitrogens with zero attached hydrogens (tertiary/aromatic N) is 2. The molecule has 3 nitrogen and oxygen atoms in total. The number of aliphatic imine (C=N–C) groups is 1. The van der Waals surface area contributed by atoms with Gasteiger partial charge in [-0.1, -0.05) is 6.07 Å². The van der Waals surface area contributed by atoms with Crippen molar-refractivity contribution in [2.75, 3.05) is 6.61 Å². The van der Waals surface area contributed by atoms with Gasteiger partial charge in [0.05, 0.1) is 6.61 Å². The minimum Gasteiger partial charge on any atom is -0.477 e. The van der Waals surface area contributed by atoms with Crippen LogP contribution in [0, 0.1) is 17.3 Å². The summed E-state index contributed by atoms with van der Waals surface area (Å²) in [7, 11) is 0. The molecule has 0 fully saturated rings. The number of benzene rings is 1. The molecule has 0 radical (unpaired) electrons. The van der Waals surface area contributed by atoms with Gasteiger partial charge in [-0.05, 0) is 25.1 Å². The van der Waals surface area contributed by atoms with Crippen molar-refractivity contribution >= 4 is 5.90 Å². The number of rotatable bonds is 2. The minimum atomic E-state index is -0.382. The van der Waals surface area contributed by atoms with Crippen LogP contribution in [0.5, 0.6) is 0 Å². The van der Waals surface area contributed by atoms with Crippen molar-refractivity contribution in [3.63, 3.8) is 0 Å². The molecule has 1 aromatic rings. The highest BCUT2D eigenvalue weighted by Crippen LogP contribution is 2.06. The highest BCUT2D eigenvalue weighted by molar-refractivity contribution is 5.94. The van der Waals surface area contributed by atoms with Gasteiger partial charge in [-0.25, -0.2) is 4.39 Å². The van der Waals surface area contributed by atoms with E-state index in [0.29, 0.717) is 12.2 Å². The van der Waals surface area contributed by atoms with Gasteiger partial charge in [0, 0.05) is 5.56 Å². The fraction of sp³-hybridized carbons (Fsp3) is 0.200. The largest absolute Gasteiger partial charge is 0.477 e. The van der Waals surface area contributed by atoms with Crippen LogP contribution in [0.25, 0.3) is 0 Å². The average molecular weight is 192 g/mol. The van der Waals surface area contributed by atoms with E-state index in [2.05, 4.69) is 4.99 Å². The molecule has 0 N–H and O–H groups in total. The predicted octanol–water partition coefficient (Wildman–Crippen LogP) is 2.09. The molecule has 1 aromatic carbocycles. The van der Waals surface area contributed by atoms with E-state index in [1.807, 2.05) is 0 Å². The van der Waals surface area contributed by atoms with Crippen LogP contribution in [0.1, 0.15) is 12.5 Å². The maximum absolute atomic E-state index is 12.8. The second-order valence-electron chi connectivity index (χ2n) is 2.46. The Kier molecular flexibility index (Phi) is 3.62. The Hall–Kier alpha value is -1.89. The average Bonchev–Trinajstić information content (AvgIpc) is 2.17. The smallest absolute Gasteiger partial charge is 0.231 e. The van der Waals surface area contributed by atoms with Gasteiger partial charge < -0.3 is 4.74 Å². The maximum atomic E-state index is 12.8. The van der Waals surface area contributed by atoms with Gasteiger partial charge in [-0.2, -0.15) is 5.26 Å². The number of halogens is 1. The van der Waals surface area contributed by atoms with E-state index in [-0.39, 0.29) is 11.7 Å². The van der Waals surface area contributed by atoms with Crippen molar-refractivity contribution in [2.45, 2.75) is 6.92 Å². The molecule has 0 aliphatic heterocycles. The highest BCUT2D eigenvalue weighted by atomic mass is 19.1. The summed E-state index contributed by atoms with van der Waals surface area (Å²) in [5.74, 6) is -0.234. The molecule has 14 heavy (non-hydrogen) atoms. The van der Waals surface area contributed by atoms with Crippen molar-refractivity contribution in [1.29, 1.82) is 5.26 Å². The predicted molar refractivity (Wildman–Crippen MR) is 50.2 cm³/mol. The Morgan fingerprint density at radius 3 is 3.00 bits per heavy atom. The molecule has 0 unspecified atom stereocenters. The van der Waals surface area contributed by atoms with Gasteiger partial charge in [0.15, 0.2) is 0 Å². The lowest BCUT2D eigenvalue weighted by Crippen LogP contribution is -2.06. The summed E-state index contributed by atoms with van der Waals surface area (Å²) in [5, 5.41) is 8.38. The van der Waals surface area contributed by atoms with Gasteiger partial charge >= 0.3 is 0 Å². The van der Waals surface area contributed by atoms with Crippen LogP contribution in [0.4, 0.5) is 4.39 Å². The first-order chi connectivity index (χ1) is 6.77. The fourth-order valence-corrected chi connectivity index (χ4v) is 0.984. The summed E-state index contributed by atoms with van der Waals surface area (Å²) in [6.07, 6.45) is 1.61. The normalized spacial score (nSPS) is 10.8. The lowest BCUT2D eigenvalue weighted by molar-refractivity contribution is 0.328. The van der Waals surface area contributed by atoms with Crippen LogP contribution in [-0.2, 0) is 4.74 Å². The third kappa shape index (κ3) is 2.56. The summed E-state index contributed by atoms with van der Waals surface area (Å²) in [5.41, 5.74) is 0.466. The molecule has 0 heterocycles. The van der Waals surface area contributed by atoms with Gasteiger partial charge in [0.25, 0.3) is 0 Å². The Balaban J connectivity index is 3.01. The SMILES string of the molecule is CCOC(=NC#N)c1cccc(F)c1. The molecule has 0 atom stereocenters. The van der Waals surface area contributed by atoms with E-state index in [1.165, 1.54) is 18.2 Å². The van der Waals surface area contributed by atoms with E-state index in [0.717, 1.165) is 0 Å². The Labute approximate surface area is 81.5 Å². The second-order valence-corrected chi connectivity index (χ2v) is 2.46. The lowest BCUT2D eigenvalue weighted by atomic mass is 10.2. The van der Waals surface area contributed by atoms with Crippen LogP contribution in [0.2, 0.25) is 0 Å². The van der Waals surface area contributed by atoms with Gasteiger partial charge in [0.1, 0.15) is 5.82 Å². The number of ether oxygens (including phenoxy) is 1. The van der Waals surface area contributed by atoms with E-state index in [1.54, 1.807) is 19.2 Å². The third-order valence-corrected chi connectivity index (χ3v) is 1.50. The van der Waals surface area contributed by atoms with Crippen LogP contribution in [0.15, 0.2) is 29.3 Å². The number of hydrogen-bond donors (Lipinski definition) is 0. The topological polar surface area (TPSA) is 45.4 Å². The van der Waals surface area contributed by atoms with Crippen molar-refractivity contribution < 1.29 is 9.13 Å². The standard InChI is InChI=1S/C10H9FN2O/c1-2-14-10(13-7-12)8-4-3-5-9(11)6-8/h3-6H,2H2,1H3. The Bertz CT molecular complexity index is 382. The molecular formula is C10H9FN2O. The zero-order chi connectivity index (χ0) is 10.4. The zero-order valence-corrected chi connectivity index (χ0v) is 7.70. The fourth-order valence-electron chi connectivity index (χ4n) is 0.984. The molecule has 4 heteroatoms. The molecule has 0 aliphatic rings. The maximum Gasteiger partial charge on any atom is 0.231 e. The summed E-state index contributed by atoms with van der Waals surface area (Å²) in [4.78, 5) is 3.46. The second kappa shape index (κ2) is 4.97. The molecule has 0 aromatic heterocycles. The highest BCUT2D eigenvalue weighted by Gasteiger charge is 2.04. The summed E-state index contributed by atoms with van der Waals surface area (Å²) in [6, 6.07) is 5.76. The number of hydrogen-bond acceptors (Lipinski definition) is 3. The molecule has 0 amide bonds. The van der Waals surface area contributed by atoms with E-state index in [9.17, 15) is 4.39 Å². The first-order valence-corrected chi connectivity index (χ1v) is 4.13. The molecule has 0 aliphatic carbocycles. The van der Waals surface area contributed by atoms with Gasteiger partial charge in [-0.15, -0.1) is 4.99 Å². The van der Waals surface area contributed by atoms with Gasteiger partial charge in [-0.3, -0.25) is 0 Å². The van der Waals surface area contributed by atoms with Crippen LogP contribution in [-0.4, -0.2) is 12.5 Å². The van der Waals surface area contributed by atoms with Crippen molar-refractivity contribution in [1.82, 2.24) is 0 Å². The molecule has 72 valence electrons. The minimum absolute atomic E-state index is 0.148. The van der Waals surface area contributed by atoms with Crippen molar-refractivity contribution in [2.24, 2.45) is 4.99 Å².